The molecule has 0 amide bonds. The minimum absolute atomic E-state index is 0.230. The van der Waals surface area contributed by atoms with Gasteiger partial charge >= 0.3 is 5.69 Å². The Morgan fingerprint density at radius 1 is 1.12 bits per heavy atom. The molecule has 4 heteroatoms. The van der Waals surface area contributed by atoms with Gasteiger partial charge in [-0.15, -0.1) is 0 Å². The molecule has 2 rings (SSSR count). The second kappa shape index (κ2) is 4.25. The van der Waals surface area contributed by atoms with Gasteiger partial charge < -0.3 is 5.11 Å². The first-order chi connectivity index (χ1) is 8.11. The van der Waals surface area contributed by atoms with Crippen LogP contribution in [0.3, 0.4) is 0 Å². The molecule has 17 heavy (non-hydrogen) atoms. The molecule has 1 N–H and O–H groups in total. The van der Waals surface area contributed by atoms with E-state index in [4.69, 9.17) is 0 Å². The van der Waals surface area contributed by atoms with Gasteiger partial charge in [-0.3, -0.25) is 10.1 Å². The van der Waals surface area contributed by atoms with Crippen molar-refractivity contribution in [2.75, 3.05) is 0 Å². The van der Waals surface area contributed by atoms with Crippen LogP contribution in [0.5, 0.6) is 5.75 Å². The Labute approximate surface area is 98.3 Å². The van der Waals surface area contributed by atoms with Gasteiger partial charge in [0.2, 0.25) is 0 Å². The van der Waals surface area contributed by atoms with E-state index in [-0.39, 0.29) is 11.4 Å². The van der Waals surface area contributed by atoms with Gasteiger partial charge in [-0.25, -0.2) is 0 Å². The molecule has 0 spiro atoms. The van der Waals surface area contributed by atoms with E-state index in [1.165, 1.54) is 6.07 Å². The molecule has 0 aliphatic heterocycles. The number of hydrogen-bond acceptors (Lipinski definition) is 3. The molecule has 0 unspecified atom stereocenters. The van der Waals surface area contributed by atoms with Crippen molar-refractivity contribution in [3.8, 4) is 16.9 Å². The van der Waals surface area contributed by atoms with Gasteiger partial charge in [-0.05, 0) is 30.2 Å². The number of benzene rings is 2. The molecule has 4 nitrogen and oxygen atoms in total. The Morgan fingerprint density at radius 3 is 2.35 bits per heavy atom. The first-order valence-corrected chi connectivity index (χ1v) is 5.13. The number of nitro benzene ring substituents is 1. The van der Waals surface area contributed by atoms with E-state index in [1.54, 1.807) is 13.0 Å². The molecule has 0 fully saturated rings. The van der Waals surface area contributed by atoms with Crippen LogP contribution >= 0.6 is 0 Å². The van der Waals surface area contributed by atoms with Crippen molar-refractivity contribution in [2.45, 2.75) is 6.92 Å². The summed E-state index contributed by atoms with van der Waals surface area (Å²) >= 11 is 0. The van der Waals surface area contributed by atoms with Crippen molar-refractivity contribution < 1.29 is 10.0 Å². The van der Waals surface area contributed by atoms with Crippen LogP contribution in [0.2, 0.25) is 0 Å². The third-order valence-corrected chi connectivity index (χ3v) is 2.68. The molecular formula is C13H11NO3. The normalized spacial score (nSPS) is 10.2. The summed E-state index contributed by atoms with van der Waals surface area (Å²) in [7, 11) is 0. The molecule has 86 valence electrons. The van der Waals surface area contributed by atoms with Gasteiger partial charge in [0.1, 0.15) is 0 Å². The topological polar surface area (TPSA) is 63.4 Å². The lowest BCUT2D eigenvalue weighted by molar-refractivity contribution is -0.386. The fourth-order valence-electron chi connectivity index (χ4n) is 1.85. The average Bonchev–Trinajstić information content (AvgIpc) is 2.30. The Hall–Kier alpha value is -2.36. The smallest absolute Gasteiger partial charge is 0.314 e. The fourth-order valence-corrected chi connectivity index (χ4v) is 1.85. The number of hydrogen-bond donors (Lipinski definition) is 1. The zero-order valence-corrected chi connectivity index (χ0v) is 9.25. The van der Waals surface area contributed by atoms with Crippen molar-refractivity contribution in [1.82, 2.24) is 0 Å². The molecular weight excluding hydrogens is 218 g/mol. The summed E-state index contributed by atoms with van der Waals surface area (Å²) in [5, 5.41) is 20.4. The molecule has 0 heterocycles. The lowest BCUT2D eigenvalue weighted by Crippen LogP contribution is -1.94. The lowest BCUT2D eigenvalue weighted by Gasteiger charge is -2.07. The highest BCUT2D eigenvalue weighted by atomic mass is 16.6. The average molecular weight is 229 g/mol. The molecule has 2 aromatic rings. The van der Waals surface area contributed by atoms with Crippen molar-refractivity contribution in [3.05, 3.63) is 58.1 Å². The summed E-state index contributed by atoms with van der Waals surface area (Å²) in [6.07, 6.45) is 0. The summed E-state index contributed by atoms with van der Waals surface area (Å²) in [6, 6.07) is 12.4. The molecule has 0 aliphatic carbocycles. The zero-order valence-electron chi connectivity index (χ0n) is 9.25. The van der Waals surface area contributed by atoms with E-state index in [9.17, 15) is 15.2 Å². The summed E-state index contributed by atoms with van der Waals surface area (Å²) in [6.45, 7) is 1.64. The minimum atomic E-state index is -0.558. The van der Waals surface area contributed by atoms with E-state index < -0.39 is 4.92 Å². The summed E-state index contributed by atoms with van der Waals surface area (Å²) in [4.78, 5) is 10.3. The van der Waals surface area contributed by atoms with Crippen LogP contribution in [0.1, 0.15) is 5.56 Å². The highest BCUT2D eigenvalue weighted by Crippen LogP contribution is 2.36. The van der Waals surface area contributed by atoms with Gasteiger partial charge in [0.25, 0.3) is 0 Å². The van der Waals surface area contributed by atoms with E-state index in [0.717, 1.165) is 11.1 Å². The molecule has 0 radical (unpaired) electrons. The first kappa shape index (κ1) is 11.1. The number of nitrogens with zero attached hydrogens (tertiary/aromatic N) is 1. The number of rotatable bonds is 2. The van der Waals surface area contributed by atoms with Crippen LogP contribution < -0.4 is 0 Å². The maximum atomic E-state index is 10.9. The van der Waals surface area contributed by atoms with E-state index in [1.807, 2.05) is 30.3 Å². The molecule has 0 aliphatic rings. The molecule has 2 aromatic carbocycles. The number of phenols is 1. The zero-order chi connectivity index (χ0) is 12.4. The molecule has 0 saturated carbocycles. The highest BCUT2D eigenvalue weighted by molar-refractivity contribution is 5.73. The Balaban J connectivity index is 2.66. The Morgan fingerprint density at radius 2 is 1.76 bits per heavy atom. The SMILES string of the molecule is Cc1c(-c2ccccc2)ccc(O)c1[N+](=O)[O-]. The molecule has 0 atom stereocenters. The second-order valence-corrected chi connectivity index (χ2v) is 3.73. The van der Waals surface area contributed by atoms with Crippen LogP contribution in [0.25, 0.3) is 11.1 Å². The van der Waals surface area contributed by atoms with Crippen LogP contribution in [-0.2, 0) is 0 Å². The third kappa shape index (κ3) is 1.97. The predicted molar refractivity (Wildman–Crippen MR) is 64.9 cm³/mol. The predicted octanol–water partition coefficient (Wildman–Crippen LogP) is 3.28. The second-order valence-electron chi connectivity index (χ2n) is 3.73. The van der Waals surface area contributed by atoms with Crippen LogP contribution in [0, 0.1) is 17.0 Å². The monoisotopic (exact) mass is 229 g/mol. The molecule has 0 aromatic heterocycles. The van der Waals surface area contributed by atoms with Crippen LogP contribution in [-0.4, -0.2) is 10.0 Å². The highest BCUT2D eigenvalue weighted by Gasteiger charge is 2.20. The standard InChI is InChI=1S/C13H11NO3/c1-9-11(10-5-3-2-4-6-10)7-8-12(15)13(9)14(16)17/h2-8,15H,1H3. The van der Waals surface area contributed by atoms with Crippen molar-refractivity contribution in [1.29, 1.82) is 0 Å². The van der Waals surface area contributed by atoms with Gasteiger partial charge in [-0.1, -0.05) is 30.3 Å². The maximum absolute atomic E-state index is 10.9. The Kier molecular flexibility index (Phi) is 2.78. The van der Waals surface area contributed by atoms with Gasteiger partial charge in [-0.2, -0.15) is 0 Å². The number of aromatic hydroxyl groups is 1. The van der Waals surface area contributed by atoms with Crippen LogP contribution in [0.15, 0.2) is 42.5 Å². The lowest BCUT2D eigenvalue weighted by atomic mass is 9.99. The first-order valence-electron chi connectivity index (χ1n) is 5.13. The maximum Gasteiger partial charge on any atom is 0.314 e. The Bertz CT molecular complexity index is 564. The number of phenolic OH excluding ortho intramolecular Hbond substituents is 1. The van der Waals surface area contributed by atoms with E-state index in [2.05, 4.69) is 0 Å². The minimum Gasteiger partial charge on any atom is -0.502 e. The molecule has 0 bridgehead atoms. The van der Waals surface area contributed by atoms with Crippen LogP contribution in [0.4, 0.5) is 5.69 Å². The summed E-state index contributed by atoms with van der Waals surface area (Å²) < 4.78 is 0. The van der Waals surface area contributed by atoms with Gasteiger partial charge in [0, 0.05) is 5.56 Å². The number of nitro groups is 1. The van der Waals surface area contributed by atoms with Crippen molar-refractivity contribution >= 4 is 5.69 Å². The third-order valence-electron chi connectivity index (χ3n) is 2.68. The van der Waals surface area contributed by atoms with Gasteiger partial charge in [0.05, 0.1) is 4.92 Å². The fraction of sp³-hybridized carbons (Fsp3) is 0.0769. The van der Waals surface area contributed by atoms with E-state index in [0.29, 0.717) is 5.56 Å². The summed E-state index contributed by atoms with van der Waals surface area (Å²) in [5.74, 6) is -0.299. The van der Waals surface area contributed by atoms with Gasteiger partial charge in [0.15, 0.2) is 5.75 Å². The largest absolute Gasteiger partial charge is 0.502 e. The quantitative estimate of drug-likeness (QED) is 0.634. The van der Waals surface area contributed by atoms with Crippen molar-refractivity contribution in [3.63, 3.8) is 0 Å². The van der Waals surface area contributed by atoms with E-state index >= 15 is 0 Å². The van der Waals surface area contributed by atoms with Crippen molar-refractivity contribution in [2.24, 2.45) is 0 Å². The summed E-state index contributed by atoms with van der Waals surface area (Å²) in [5.41, 5.74) is 1.90. The molecule has 0 saturated heterocycles.